The summed E-state index contributed by atoms with van der Waals surface area (Å²) in [4.78, 5) is 12.1. The lowest BCUT2D eigenvalue weighted by atomic mass is 10.0. The summed E-state index contributed by atoms with van der Waals surface area (Å²) in [5, 5.41) is 7.58. The van der Waals surface area contributed by atoms with Crippen molar-refractivity contribution in [2.75, 3.05) is 12.8 Å². The van der Waals surface area contributed by atoms with Gasteiger partial charge in [0.25, 0.3) is 5.91 Å². The number of carbonyl (C=O) groups is 1. The molecule has 1 aromatic rings. The maximum Gasteiger partial charge on any atom is 0.251 e. The van der Waals surface area contributed by atoms with Crippen molar-refractivity contribution in [2.45, 2.75) is 30.9 Å². The van der Waals surface area contributed by atoms with Crippen molar-refractivity contribution in [3.05, 3.63) is 28.8 Å². The molecule has 0 saturated heterocycles. The molecule has 0 radical (unpaired) electrons. The largest absolute Gasteiger partial charge is 0.351 e. The van der Waals surface area contributed by atoms with E-state index in [4.69, 9.17) is 5.14 Å². The van der Waals surface area contributed by atoms with Gasteiger partial charge in [-0.1, -0.05) is 0 Å². The average Bonchev–Trinajstić information content (AvgIpc) is 2.37. The van der Waals surface area contributed by atoms with Gasteiger partial charge in [0.1, 0.15) is 0 Å². The number of hydrogen-bond acceptors (Lipinski definition) is 4. The Labute approximate surface area is 127 Å². The zero-order valence-corrected chi connectivity index (χ0v) is 14.1. The van der Waals surface area contributed by atoms with Crippen LogP contribution in [0, 0.1) is 13.8 Å². The van der Waals surface area contributed by atoms with Gasteiger partial charge in [-0.25, -0.2) is 13.6 Å². The summed E-state index contributed by atoms with van der Waals surface area (Å²) in [5.41, 5.74) is 1.61. The smallest absolute Gasteiger partial charge is 0.251 e. The second-order valence-corrected chi connectivity index (χ2v) is 8.34. The minimum absolute atomic E-state index is 0.0946. The molecule has 0 spiro atoms. The Bertz CT molecular complexity index is 684. The second kappa shape index (κ2) is 6.67. The molecule has 2 atom stereocenters. The molecule has 0 aromatic heterocycles. The fourth-order valence-electron chi connectivity index (χ4n) is 1.68. The van der Waals surface area contributed by atoms with Crippen molar-refractivity contribution >= 4 is 26.7 Å². The molecule has 3 N–H and O–H groups in total. The minimum atomic E-state index is -3.87. The Hall–Kier alpha value is -1.25. The van der Waals surface area contributed by atoms with Gasteiger partial charge < -0.3 is 5.32 Å². The van der Waals surface area contributed by atoms with Gasteiger partial charge in [-0.2, -0.15) is 0 Å². The molecule has 0 saturated carbocycles. The van der Waals surface area contributed by atoms with Crippen LogP contribution in [0.3, 0.4) is 0 Å². The van der Waals surface area contributed by atoms with Gasteiger partial charge >= 0.3 is 0 Å². The average molecular weight is 332 g/mol. The van der Waals surface area contributed by atoms with Gasteiger partial charge in [0.05, 0.1) is 4.90 Å². The normalized spacial score (nSPS) is 14.5. The fraction of sp³-hybridized carbons (Fsp3) is 0.462. The summed E-state index contributed by atoms with van der Waals surface area (Å²) < 4.78 is 34.1. The number of aryl methyl sites for hydroxylation is 1. The molecule has 21 heavy (non-hydrogen) atoms. The molecule has 6 nitrogen and oxygen atoms in total. The van der Waals surface area contributed by atoms with Crippen LogP contribution < -0.4 is 10.5 Å². The lowest BCUT2D eigenvalue weighted by Gasteiger charge is -2.13. The maximum atomic E-state index is 12.2. The molecule has 1 rings (SSSR count). The number of primary sulfonamides is 1. The third kappa shape index (κ3) is 4.62. The highest BCUT2D eigenvalue weighted by Gasteiger charge is 2.17. The number of carbonyl (C=O) groups excluding carboxylic acids is 1. The SMILES string of the molecule is Cc1cc(S(N)(=O)=O)cc(C(=O)NCC(C)S(C)=O)c1C. The van der Waals surface area contributed by atoms with Crippen molar-refractivity contribution in [1.82, 2.24) is 5.32 Å². The Kier molecular flexibility index (Phi) is 5.66. The Morgan fingerprint density at radius 3 is 2.43 bits per heavy atom. The quantitative estimate of drug-likeness (QED) is 0.816. The topological polar surface area (TPSA) is 106 Å². The van der Waals surface area contributed by atoms with Crippen LogP contribution in [-0.4, -0.2) is 36.6 Å². The first-order valence-corrected chi connectivity index (χ1v) is 9.45. The van der Waals surface area contributed by atoms with E-state index in [1.54, 1.807) is 27.0 Å². The first-order valence-electron chi connectivity index (χ1n) is 6.28. The predicted octanol–water partition coefficient (Wildman–Crippen LogP) is 0.448. The van der Waals surface area contributed by atoms with Crippen molar-refractivity contribution in [3.63, 3.8) is 0 Å². The Balaban J connectivity index is 3.09. The van der Waals surface area contributed by atoms with Crippen LogP contribution in [0.25, 0.3) is 0 Å². The molecule has 8 heteroatoms. The number of hydrogen-bond donors (Lipinski definition) is 2. The van der Waals surface area contributed by atoms with E-state index in [9.17, 15) is 17.4 Å². The number of benzene rings is 1. The first-order chi connectivity index (χ1) is 9.54. The van der Waals surface area contributed by atoms with Gasteiger partial charge in [-0.15, -0.1) is 0 Å². The summed E-state index contributed by atoms with van der Waals surface area (Å²) >= 11 is 0. The highest BCUT2D eigenvalue weighted by molar-refractivity contribution is 7.89. The molecular weight excluding hydrogens is 312 g/mol. The van der Waals surface area contributed by atoms with Gasteiger partial charge in [-0.3, -0.25) is 9.00 Å². The van der Waals surface area contributed by atoms with Crippen LogP contribution in [0.15, 0.2) is 17.0 Å². The van der Waals surface area contributed by atoms with Gasteiger partial charge in [0.15, 0.2) is 0 Å². The number of sulfonamides is 1. The molecule has 0 bridgehead atoms. The van der Waals surface area contributed by atoms with E-state index in [1.807, 2.05) is 0 Å². The third-order valence-electron chi connectivity index (χ3n) is 3.33. The molecule has 0 aliphatic carbocycles. The third-order valence-corrected chi connectivity index (χ3v) is 5.52. The van der Waals surface area contributed by atoms with Crippen molar-refractivity contribution in [3.8, 4) is 0 Å². The van der Waals surface area contributed by atoms with Crippen molar-refractivity contribution in [2.24, 2.45) is 5.14 Å². The number of nitrogens with two attached hydrogens (primary N) is 1. The number of nitrogens with one attached hydrogen (secondary N) is 1. The standard InChI is InChI=1S/C13H20N2O4S2/c1-8-5-11(21(14,18)19)6-12(10(8)3)13(16)15-7-9(2)20(4)17/h5-6,9H,7H2,1-4H3,(H,15,16)(H2,14,18,19). The molecule has 2 unspecified atom stereocenters. The first kappa shape index (κ1) is 17.8. The van der Waals surface area contributed by atoms with E-state index >= 15 is 0 Å². The van der Waals surface area contributed by atoms with Crippen LogP contribution in [0.4, 0.5) is 0 Å². The van der Waals surface area contributed by atoms with Crippen molar-refractivity contribution < 1.29 is 17.4 Å². The summed E-state index contributed by atoms with van der Waals surface area (Å²) in [6.07, 6.45) is 1.56. The molecule has 0 fully saturated rings. The zero-order chi connectivity index (χ0) is 16.4. The Morgan fingerprint density at radius 1 is 1.38 bits per heavy atom. The highest BCUT2D eigenvalue weighted by atomic mass is 32.2. The summed E-state index contributed by atoms with van der Waals surface area (Å²) in [6, 6.07) is 2.70. The minimum Gasteiger partial charge on any atom is -0.351 e. The van der Waals surface area contributed by atoms with E-state index in [0.29, 0.717) is 11.1 Å². The van der Waals surface area contributed by atoms with Gasteiger partial charge in [-0.05, 0) is 44.0 Å². The van der Waals surface area contributed by atoms with Crippen LogP contribution in [0.1, 0.15) is 28.4 Å². The highest BCUT2D eigenvalue weighted by Crippen LogP contribution is 2.19. The van der Waals surface area contributed by atoms with E-state index in [2.05, 4.69) is 5.32 Å². The summed E-state index contributed by atoms with van der Waals surface area (Å²) in [5.74, 6) is -0.404. The molecule has 1 amide bonds. The van der Waals surface area contributed by atoms with E-state index in [0.717, 1.165) is 0 Å². The van der Waals surface area contributed by atoms with Gasteiger partial charge in [0.2, 0.25) is 10.0 Å². The Morgan fingerprint density at radius 2 is 1.95 bits per heavy atom. The zero-order valence-electron chi connectivity index (χ0n) is 12.5. The summed E-state index contributed by atoms with van der Waals surface area (Å²) in [6.45, 7) is 5.46. The predicted molar refractivity (Wildman–Crippen MR) is 83.2 cm³/mol. The molecule has 0 aliphatic heterocycles. The van der Waals surface area contributed by atoms with E-state index < -0.39 is 26.7 Å². The lowest BCUT2D eigenvalue weighted by Crippen LogP contribution is -2.33. The van der Waals surface area contributed by atoms with Crippen LogP contribution in [-0.2, 0) is 20.8 Å². The van der Waals surface area contributed by atoms with Crippen LogP contribution in [0.5, 0.6) is 0 Å². The molecule has 118 valence electrons. The fourth-order valence-corrected chi connectivity index (χ4v) is 2.62. The van der Waals surface area contributed by atoms with E-state index in [-0.39, 0.29) is 22.3 Å². The monoisotopic (exact) mass is 332 g/mol. The number of rotatable bonds is 5. The van der Waals surface area contributed by atoms with E-state index in [1.165, 1.54) is 12.1 Å². The number of amides is 1. The molecule has 1 aromatic carbocycles. The lowest BCUT2D eigenvalue weighted by molar-refractivity contribution is 0.0953. The maximum absolute atomic E-state index is 12.2. The van der Waals surface area contributed by atoms with Crippen LogP contribution >= 0.6 is 0 Å². The van der Waals surface area contributed by atoms with Crippen LogP contribution in [0.2, 0.25) is 0 Å². The molecule has 0 aliphatic rings. The molecular formula is C13H20N2O4S2. The van der Waals surface area contributed by atoms with Gasteiger partial charge in [0, 0.05) is 34.4 Å². The molecule has 0 heterocycles. The summed E-state index contributed by atoms with van der Waals surface area (Å²) in [7, 11) is -4.91. The van der Waals surface area contributed by atoms with Crippen molar-refractivity contribution in [1.29, 1.82) is 0 Å². The second-order valence-electron chi connectivity index (χ2n) is 4.98.